The minimum Gasteiger partial charge on any atom is -0.494 e. The molecule has 1 atom stereocenters. The smallest absolute Gasteiger partial charge is 0.119 e. The summed E-state index contributed by atoms with van der Waals surface area (Å²) < 4.78 is 5.68. The van der Waals surface area contributed by atoms with E-state index in [-0.39, 0.29) is 6.04 Å². The predicted molar refractivity (Wildman–Crippen MR) is 71.8 cm³/mol. The molecule has 3 heteroatoms. The van der Waals surface area contributed by atoms with Gasteiger partial charge < -0.3 is 4.74 Å². The van der Waals surface area contributed by atoms with E-state index in [0.717, 1.165) is 12.2 Å². The maximum absolute atomic E-state index is 5.68. The molecule has 0 fully saturated rings. The first-order valence-electron chi connectivity index (χ1n) is 5.92. The second kappa shape index (κ2) is 7.09. The number of ether oxygens (including phenoxy) is 1. The molecule has 94 valence electrons. The Labute approximate surface area is 104 Å². The van der Waals surface area contributed by atoms with Crippen LogP contribution in [-0.2, 0) is 0 Å². The first kappa shape index (κ1) is 13.7. The molecule has 3 nitrogen and oxygen atoms in total. The summed E-state index contributed by atoms with van der Waals surface area (Å²) in [5.41, 5.74) is 5.24. The first-order valence-corrected chi connectivity index (χ1v) is 5.92. The molecule has 0 heterocycles. The number of nitrogens with two attached hydrogens (primary N) is 1. The van der Waals surface area contributed by atoms with Crippen LogP contribution in [0.3, 0.4) is 0 Å². The average Bonchev–Trinajstić information content (AvgIpc) is 2.27. The van der Waals surface area contributed by atoms with Crippen molar-refractivity contribution >= 4 is 0 Å². The van der Waals surface area contributed by atoms with Crippen molar-refractivity contribution in [2.75, 3.05) is 6.61 Å². The quantitative estimate of drug-likeness (QED) is 0.452. The lowest BCUT2D eigenvalue weighted by atomic mass is 10.1. The SMILES string of the molecule is CC(C)=CC(CCOc1cccc(C)c1)NN. The van der Waals surface area contributed by atoms with E-state index in [1.165, 1.54) is 11.1 Å². The van der Waals surface area contributed by atoms with Crippen LogP contribution in [0.5, 0.6) is 5.75 Å². The summed E-state index contributed by atoms with van der Waals surface area (Å²) in [7, 11) is 0. The number of hydrogen-bond acceptors (Lipinski definition) is 3. The Balaban J connectivity index is 2.39. The highest BCUT2D eigenvalue weighted by Gasteiger charge is 2.03. The molecule has 0 radical (unpaired) electrons. The number of allylic oxidation sites excluding steroid dienone is 1. The summed E-state index contributed by atoms with van der Waals surface area (Å²) in [6, 6.07) is 8.23. The summed E-state index contributed by atoms with van der Waals surface area (Å²) in [5.74, 6) is 6.39. The Morgan fingerprint density at radius 3 is 2.82 bits per heavy atom. The predicted octanol–water partition coefficient (Wildman–Crippen LogP) is 2.56. The van der Waals surface area contributed by atoms with Gasteiger partial charge >= 0.3 is 0 Å². The summed E-state index contributed by atoms with van der Waals surface area (Å²) in [5, 5.41) is 0. The lowest BCUT2D eigenvalue weighted by Crippen LogP contribution is -2.34. The van der Waals surface area contributed by atoms with Crippen LogP contribution in [0.4, 0.5) is 0 Å². The van der Waals surface area contributed by atoms with Crippen LogP contribution in [0.25, 0.3) is 0 Å². The molecule has 0 spiro atoms. The van der Waals surface area contributed by atoms with Gasteiger partial charge in [-0.05, 0) is 38.5 Å². The Bertz CT molecular complexity index is 370. The Kier molecular flexibility index (Phi) is 5.73. The fraction of sp³-hybridized carbons (Fsp3) is 0.429. The van der Waals surface area contributed by atoms with Crippen LogP contribution < -0.4 is 16.0 Å². The Morgan fingerprint density at radius 1 is 1.47 bits per heavy atom. The van der Waals surface area contributed by atoms with Gasteiger partial charge in [0.1, 0.15) is 5.75 Å². The van der Waals surface area contributed by atoms with E-state index in [9.17, 15) is 0 Å². The average molecular weight is 234 g/mol. The molecular formula is C14H22N2O. The van der Waals surface area contributed by atoms with Gasteiger partial charge in [0, 0.05) is 12.5 Å². The minimum absolute atomic E-state index is 0.171. The Morgan fingerprint density at radius 2 is 2.24 bits per heavy atom. The number of hydrogen-bond donors (Lipinski definition) is 2. The van der Waals surface area contributed by atoms with Crippen molar-refractivity contribution < 1.29 is 4.74 Å². The third-order valence-electron chi connectivity index (χ3n) is 2.44. The van der Waals surface area contributed by atoms with Crippen LogP contribution in [0.2, 0.25) is 0 Å². The largest absolute Gasteiger partial charge is 0.494 e. The Hall–Kier alpha value is -1.32. The van der Waals surface area contributed by atoms with Gasteiger partial charge in [-0.25, -0.2) is 0 Å². The van der Waals surface area contributed by atoms with Gasteiger partial charge in [0.15, 0.2) is 0 Å². The van der Waals surface area contributed by atoms with Crippen molar-refractivity contribution in [1.29, 1.82) is 0 Å². The molecule has 3 N–H and O–H groups in total. The van der Waals surface area contributed by atoms with Crippen LogP contribution in [0.1, 0.15) is 25.8 Å². The molecule has 0 aromatic heterocycles. The second-order valence-electron chi connectivity index (χ2n) is 4.47. The third-order valence-corrected chi connectivity index (χ3v) is 2.44. The highest BCUT2D eigenvalue weighted by molar-refractivity contribution is 5.27. The van der Waals surface area contributed by atoms with Crippen LogP contribution in [0.15, 0.2) is 35.9 Å². The summed E-state index contributed by atoms with van der Waals surface area (Å²) in [4.78, 5) is 0. The van der Waals surface area contributed by atoms with E-state index >= 15 is 0 Å². The first-order chi connectivity index (χ1) is 8.11. The normalized spacial score (nSPS) is 12.0. The lowest BCUT2D eigenvalue weighted by molar-refractivity contribution is 0.296. The molecule has 0 aliphatic rings. The third kappa shape index (κ3) is 5.52. The molecule has 0 saturated heterocycles. The van der Waals surface area contributed by atoms with Crippen LogP contribution in [-0.4, -0.2) is 12.6 Å². The number of benzene rings is 1. The fourth-order valence-corrected chi connectivity index (χ4v) is 1.63. The molecule has 1 unspecified atom stereocenters. The molecule has 0 aliphatic heterocycles. The molecule has 17 heavy (non-hydrogen) atoms. The van der Waals surface area contributed by atoms with E-state index < -0.39 is 0 Å². The summed E-state index contributed by atoms with van der Waals surface area (Å²) >= 11 is 0. The second-order valence-corrected chi connectivity index (χ2v) is 4.47. The summed E-state index contributed by atoms with van der Waals surface area (Å²) in [6.07, 6.45) is 2.97. The van der Waals surface area contributed by atoms with E-state index in [1.807, 2.05) is 18.2 Å². The van der Waals surface area contributed by atoms with Crippen LogP contribution in [0, 0.1) is 6.92 Å². The topological polar surface area (TPSA) is 47.3 Å². The highest BCUT2D eigenvalue weighted by Crippen LogP contribution is 2.12. The standard InChI is InChI=1S/C14H22N2O/c1-11(2)9-13(16-15)7-8-17-14-6-4-5-12(3)10-14/h4-6,9-10,13,16H,7-8,15H2,1-3H3. The fourth-order valence-electron chi connectivity index (χ4n) is 1.63. The number of hydrazine groups is 1. The molecular weight excluding hydrogens is 212 g/mol. The van der Waals surface area contributed by atoms with Gasteiger partial charge in [-0.15, -0.1) is 0 Å². The van der Waals surface area contributed by atoms with Gasteiger partial charge in [-0.1, -0.05) is 23.8 Å². The molecule has 0 amide bonds. The van der Waals surface area contributed by atoms with Crippen molar-refractivity contribution in [3.8, 4) is 5.75 Å². The van der Waals surface area contributed by atoms with E-state index in [2.05, 4.69) is 38.3 Å². The zero-order valence-electron chi connectivity index (χ0n) is 10.9. The number of rotatable bonds is 6. The van der Waals surface area contributed by atoms with Crippen molar-refractivity contribution in [1.82, 2.24) is 5.43 Å². The van der Waals surface area contributed by atoms with E-state index in [4.69, 9.17) is 10.6 Å². The molecule has 1 aromatic carbocycles. The van der Waals surface area contributed by atoms with Crippen molar-refractivity contribution in [3.05, 3.63) is 41.5 Å². The maximum atomic E-state index is 5.68. The van der Waals surface area contributed by atoms with Gasteiger partial charge in [-0.3, -0.25) is 11.3 Å². The van der Waals surface area contributed by atoms with Crippen molar-refractivity contribution in [2.45, 2.75) is 33.2 Å². The van der Waals surface area contributed by atoms with E-state index in [1.54, 1.807) is 0 Å². The minimum atomic E-state index is 0.171. The molecule has 1 aromatic rings. The number of aryl methyl sites for hydroxylation is 1. The number of nitrogens with one attached hydrogen (secondary N) is 1. The summed E-state index contributed by atoms with van der Waals surface area (Å²) in [6.45, 7) is 6.83. The highest BCUT2D eigenvalue weighted by atomic mass is 16.5. The molecule has 1 rings (SSSR count). The van der Waals surface area contributed by atoms with Crippen molar-refractivity contribution in [2.24, 2.45) is 5.84 Å². The molecule has 0 saturated carbocycles. The van der Waals surface area contributed by atoms with Gasteiger partial charge in [0.25, 0.3) is 0 Å². The zero-order chi connectivity index (χ0) is 12.7. The maximum Gasteiger partial charge on any atom is 0.119 e. The molecule has 0 bridgehead atoms. The van der Waals surface area contributed by atoms with Gasteiger partial charge in [0.05, 0.1) is 6.61 Å². The lowest BCUT2D eigenvalue weighted by Gasteiger charge is -2.13. The van der Waals surface area contributed by atoms with E-state index in [0.29, 0.717) is 6.61 Å². The van der Waals surface area contributed by atoms with Gasteiger partial charge in [-0.2, -0.15) is 0 Å². The van der Waals surface area contributed by atoms with Gasteiger partial charge in [0.2, 0.25) is 0 Å². The zero-order valence-corrected chi connectivity index (χ0v) is 10.9. The molecule has 0 aliphatic carbocycles. The monoisotopic (exact) mass is 234 g/mol. The van der Waals surface area contributed by atoms with Crippen molar-refractivity contribution in [3.63, 3.8) is 0 Å². The van der Waals surface area contributed by atoms with Crippen LogP contribution >= 0.6 is 0 Å².